The second-order valence-corrected chi connectivity index (χ2v) is 6.31. The number of hydrogen-bond donors (Lipinski definition) is 2. The molecule has 0 fully saturated rings. The molecule has 0 atom stereocenters. The smallest absolute Gasteiger partial charge is 0.193 e. The van der Waals surface area contributed by atoms with Crippen molar-refractivity contribution in [2.45, 2.75) is 13.2 Å². The Bertz CT molecular complexity index is 941. The second-order valence-electron chi connectivity index (χ2n) is 6.31. The Morgan fingerprint density at radius 2 is 1.59 bits per heavy atom. The Morgan fingerprint density at radius 1 is 0.862 bits per heavy atom. The maximum atomic E-state index is 6.03. The van der Waals surface area contributed by atoms with Gasteiger partial charge in [0, 0.05) is 6.07 Å². The third-order valence-corrected chi connectivity index (χ3v) is 4.27. The van der Waals surface area contributed by atoms with Gasteiger partial charge in [-0.25, -0.2) is 4.99 Å². The van der Waals surface area contributed by atoms with E-state index in [2.05, 4.69) is 10.3 Å². The van der Waals surface area contributed by atoms with Crippen LogP contribution in [0, 0.1) is 0 Å². The van der Waals surface area contributed by atoms with Crippen molar-refractivity contribution in [1.29, 1.82) is 0 Å². The monoisotopic (exact) mass is 391 g/mol. The molecule has 6 heteroatoms. The van der Waals surface area contributed by atoms with Gasteiger partial charge in [0.1, 0.15) is 23.9 Å². The number of rotatable bonds is 8. The molecular weight excluding hydrogens is 366 g/mol. The van der Waals surface area contributed by atoms with E-state index in [-0.39, 0.29) is 0 Å². The van der Waals surface area contributed by atoms with E-state index in [1.165, 1.54) is 0 Å². The number of ether oxygens (including phenoxy) is 3. The van der Waals surface area contributed by atoms with Gasteiger partial charge in [-0.15, -0.1) is 0 Å². The van der Waals surface area contributed by atoms with Gasteiger partial charge in [0.2, 0.25) is 0 Å². The predicted octanol–water partition coefficient (Wildman–Crippen LogP) is 4.21. The second kappa shape index (κ2) is 10.0. The normalized spacial score (nSPS) is 11.0. The van der Waals surface area contributed by atoms with E-state index < -0.39 is 0 Å². The van der Waals surface area contributed by atoms with Gasteiger partial charge in [0.15, 0.2) is 5.96 Å². The topological polar surface area (TPSA) is 78.1 Å². The van der Waals surface area contributed by atoms with Crippen LogP contribution < -0.4 is 25.3 Å². The highest BCUT2D eigenvalue weighted by Crippen LogP contribution is 2.28. The van der Waals surface area contributed by atoms with Gasteiger partial charge in [-0.3, -0.25) is 0 Å². The van der Waals surface area contributed by atoms with Crippen molar-refractivity contribution in [3.63, 3.8) is 0 Å². The van der Waals surface area contributed by atoms with Crippen LogP contribution >= 0.6 is 0 Å². The van der Waals surface area contributed by atoms with E-state index in [1.807, 2.05) is 66.7 Å². The van der Waals surface area contributed by atoms with Gasteiger partial charge < -0.3 is 25.3 Å². The summed E-state index contributed by atoms with van der Waals surface area (Å²) in [5.41, 5.74) is 8.88. The zero-order valence-electron chi connectivity index (χ0n) is 16.6. The predicted molar refractivity (Wildman–Crippen MR) is 116 cm³/mol. The summed E-state index contributed by atoms with van der Waals surface area (Å²) < 4.78 is 16.4. The molecule has 0 heterocycles. The summed E-state index contributed by atoms with van der Waals surface area (Å²) in [5.74, 6) is 2.46. The summed E-state index contributed by atoms with van der Waals surface area (Å²) >= 11 is 0. The first kappa shape index (κ1) is 20.1. The molecule has 0 spiro atoms. The number of guanidine groups is 1. The molecule has 6 nitrogen and oxygen atoms in total. The number of nitrogens with two attached hydrogens (primary N) is 1. The number of aliphatic imine (C=N–C) groups is 1. The first-order valence-corrected chi connectivity index (χ1v) is 9.22. The van der Waals surface area contributed by atoms with Gasteiger partial charge in [-0.1, -0.05) is 42.5 Å². The van der Waals surface area contributed by atoms with Crippen LogP contribution in [0.3, 0.4) is 0 Å². The van der Waals surface area contributed by atoms with Crippen molar-refractivity contribution in [3.05, 3.63) is 83.9 Å². The summed E-state index contributed by atoms with van der Waals surface area (Å²) in [6.07, 6.45) is 0. The fourth-order valence-corrected chi connectivity index (χ4v) is 2.70. The van der Waals surface area contributed by atoms with Crippen molar-refractivity contribution in [1.82, 2.24) is 0 Å². The number of hydrogen-bond acceptors (Lipinski definition) is 4. The van der Waals surface area contributed by atoms with Crippen LogP contribution in [0.2, 0.25) is 0 Å². The summed E-state index contributed by atoms with van der Waals surface area (Å²) in [7, 11) is 3.21. The van der Waals surface area contributed by atoms with E-state index in [1.54, 1.807) is 20.3 Å². The molecule has 0 bridgehead atoms. The number of methoxy groups -OCH3 is 2. The quantitative estimate of drug-likeness (QED) is 0.444. The molecule has 0 saturated carbocycles. The molecule has 3 aromatic carbocycles. The molecular formula is C23H25N3O3. The van der Waals surface area contributed by atoms with Gasteiger partial charge in [-0.05, 0) is 35.4 Å². The Balaban J connectivity index is 1.56. The summed E-state index contributed by atoms with van der Waals surface area (Å²) in [5, 5.41) is 3.05. The fourth-order valence-electron chi connectivity index (χ4n) is 2.70. The molecule has 0 aromatic heterocycles. The Kier molecular flexibility index (Phi) is 6.95. The van der Waals surface area contributed by atoms with E-state index in [0.717, 1.165) is 16.9 Å². The molecule has 0 aliphatic rings. The number of anilines is 1. The van der Waals surface area contributed by atoms with Gasteiger partial charge in [-0.2, -0.15) is 0 Å². The average molecular weight is 391 g/mol. The van der Waals surface area contributed by atoms with Crippen LogP contribution in [0.1, 0.15) is 11.1 Å². The Labute approximate surface area is 170 Å². The molecule has 0 amide bonds. The molecule has 0 radical (unpaired) electrons. The SMILES string of the molecule is COc1ccc(OC)c(NC(N)=NCc2ccc(OCc3ccccc3)cc2)c1. The van der Waals surface area contributed by atoms with Gasteiger partial charge in [0.25, 0.3) is 0 Å². The highest BCUT2D eigenvalue weighted by Gasteiger charge is 2.06. The lowest BCUT2D eigenvalue weighted by Crippen LogP contribution is -2.23. The number of nitrogens with one attached hydrogen (secondary N) is 1. The highest BCUT2D eigenvalue weighted by atomic mass is 16.5. The van der Waals surface area contributed by atoms with Gasteiger partial charge in [0.05, 0.1) is 26.5 Å². The molecule has 3 rings (SSSR count). The highest BCUT2D eigenvalue weighted by molar-refractivity contribution is 5.94. The average Bonchev–Trinajstić information content (AvgIpc) is 2.77. The van der Waals surface area contributed by atoms with Gasteiger partial charge >= 0.3 is 0 Å². The zero-order valence-corrected chi connectivity index (χ0v) is 16.6. The molecule has 3 N–H and O–H groups in total. The first-order chi connectivity index (χ1) is 14.2. The van der Waals surface area contributed by atoms with Crippen molar-refractivity contribution >= 4 is 11.6 Å². The maximum Gasteiger partial charge on any atom is 0.193 e. The van der Waals surface area contributed by atoms with Crippen molar-refractivity contribution in [2.24, 2.45) is 10.7 Å². The maximum absolute atomic E-state index is 6.03. The summed E-state index contributed by atoms with van der Waals surface area (Å²) in [6.45, 7) is 0.988. The van der Waals surface area contributed by atoms with Crippen LogP contribution in [-0.2, 0) is 13.2 Å². The molecule has 150 valence electrons. The molecule has 0 aliphatic heterocycles. The van der Waals surface area contributed by atoms with E-state index in [4.69, 9.17) is 19.9 Å². The minimum atomic E-state index is 0.293. The molecule has 0 saturated heterocycles. The number of nitrogens with zero attached hydrogens (tertiary/aromatic N) is 1. The van der Waals surface area contributed by atoms with Crippen LogP contribution in [0.5, 0.6) is 17.2 Å². The van der Waals surface area contributed by atoms with Crippen LogP contribution in [0.15, 0.2) is 77.8 Å². The summed E-state index contributed by atoms with van der Waals surface area (Å²) in [6, 6.07) is 23.3. The van der Waals surface area contributed by atoms with Crippen molar-refractivity contribution < 1.29 is 14.2 Å². The minimum absolute atomic E-state index is 0.293. The van der Waals surface area contributed by atoms with E-state index >= 15 is 0 Å². The zero-order chi connectivity index (χ0) is 20.5. The minimum Gasteiger partial charge on any atom is -0.497 e. The molecule has 3 aromatic rings. The van der Waals surface area contributed by atoms with Crippen molar-refractivity contribution in [2.75, 3.05) is 19.5 Å². The van der Waals surface area contributed by atoms with Crippen LogP contribution in [0.25, 0.3) is 0 Å². The number of benzene rings is 3. The fraction of sp³-hybridized carbons (Fsp3) is 0.174. The van der Waals surface area contributed by atoms with Crippen LogP contribution in [0.4, 0.5) is 5.69 Å². The largest absolute Gasteiger partial charge is 0.497 e. The standard InChI is InChI=1S/C23H25N3O3/c1-27-20-12-13-22(28-2)21(14-20)26-23(24)25-15-17-8-10-19(11-9-17)29-16-18-6-4-3-5-7-18/h3-14H,15-16H2,1-2H3,(H3,24,25,26). The summed E-state index contributed by atoms with van der Waals surface area (Å²) in [4.78, 5) is 4.39. The third kappa shape index (κ3) is 5.90. The lowest BCUT2D eigenvalue weighted by atomic mass is 10.2. The third-order valence-electron chi connectivity index (χ3n) is 4.27. The molecule has 29 heavy (non-hydrogen) atoms. The molecule has 0 aliphatic carbocycles. The van der Waals surface area contributed by atoms with E-state index in [9.17, 15) is 0 Å². The van der Waals surface area contributed by atoms with Crippen LogP contribution in [-0.4, -0.2) is 20.2 Å². The van der Waals surface area contributed by atoms with Crippen molar-refractivity contribution in [3.8, 4) is 17.2 Å². The Hall–Kier alpha value is -3.67. The Morgan fingerprint density at radius 3 is 2.28 bits per heavy atom. The molecule has 0 unspecified atom stereocenters. The van der Waals surface area contributed by atoms with E-state index in [0.29, 0.717) is 36.3 Å². The lowest BCUT2D eigenvalue weighted by Gasteiger charge is -2.12. The first-order valence-electron chi connectivity index (χ1n) is 9.22. The lowest BCUT2D eigenvalue weighted by molar-refractivity contribution is 0.306.